The molecule has 1 N–H and O–H groups in total. The van der Waals surface area contributed by atoms with Crippen LogP contribution in [0.2, 0.25) is 0 Å². The number of ether oxygens (including phenoxy) is 1. The first-order valence-electron chi connectivity index (χ1n) is 6.80. The average molecular weight is 276 g/mol. The van der Waals surface area contributed by atoms with Crippen LogP contribution in [0.25, 0.3) is 0 Å². The molecule has 0 aromatic carbocycles. The van der Waals surface area contributed by atoms with Crippen LogP contribution < -0.4 is 5.32 Å². The summed E-state index contributed by atoms with van der Waals surface area (Å²) < 4.78 is 5.09. The van der Waals surface area contributed by atoms with Crippen LogP contribution in [0.4, 0.5) is 0 Å². The topological polar surface area (TPSA) is 41.6 Å². The molecule has 0 fully saturated rings. The molecular formula is C13H28N2O2S. The molecule has 0 spiro atoms. The Balaban J connectivity index is 4.03. The Morgan fingerprint density at radius 1 is 1.33 bits per heavy atom. The van der Waals surface area contributed by atoms with E-state index in [9.17, 15) is 4.79 Å². The Labute approximate surface area is 116 Å². The maximum Gasteiger partial charge on any atom is 0.323 e. The van der Waals surface area contributed by atoms with Gasteiger partial charge in [0.1, 0.15) is 6.04 Å². The minimum atomic E-state index is -0.159. The lowest BCUT2D eigenvalue weighted by Crippen LogP contribution is -2.42. The van der Waals surface area contributed by atoms with Crippen LogP contribution in [0.3, 0.4) is 0 Å². The van der Waals surface area contributed by atoms with Crippen molar-refractivity contribution in [1.29, 1.82) is 0 Å². The van der Waals surface area contributed by atoms with Crippen molar-refractivity contribution in [1.82, 2.24) is 10.2 Å². The Bertz CT molecular complexity index is 211. The molecule has 1 unspecified atom stereocenters. The standard InChI is InChI=1S/C13H28N2O2S/c1-5-15(6-2)10-9-14-12(8-11-18-4)13(16)17-7-3/h12,14H,5-11H2,1-4H3. The average Bonchev–Trinajstić information content (AvgIpc) is 2.38. The maximum atomic E-state index is 11.8. The summed E-state index contributed by atoms with van der Waals surface area (Å²) in [4.78, 5) is 14.1. The molecule has 0 amide bonds. The fourth-order valence-corrected chi connectivity index (χ4v) is 2.19. The third kappa shape index (κ3) is 7.95. The molecule has 0 bridgehead atoms. The van der Waals surface area contributed by atoms with E-state index in [2.05, 4.69) is 30.3 Å². The normalized spacial score (nSPS) is 12.7. The van der Waals surface area contributed by atoms with Gasteiger partial charge in [-0.1, -0.05) is 13.8 Å². The molecule has 108 valence electrons. The summed E-state index contributed by atoms with van der Waals surface area (Å²) in [5, 5.41) is 3.31. The minimum Gasteiger partial charge on any atom is -0.465 e. The molecule has 0 radical (unpaired) electrons. The number of likely N-dealkylation sites (N-methyl/N-ethyl adjacent to an activating group) is 1. The van der Waals surface area contributed by atoms with E-state index in [0.29, 0.717) is 6.61 Å². The quantitative estimate of drug-likeness (QED) is 0.581. The molecule has 1 atom stereocenters. The van der Waals surface area contributed by atoms with Crippen LogP contribution >= 0.6 is 11.8 Å². The zero-order valence-corrected chi connectivity index (χ0v) is 13.0. The van der Waals surface area contributed by atoms with Crippen molar-refractivity contribution >= 4 is 17.7 Å². The highest BCUT2D eigenvalue weighted by molar-refractivity contribution is 7.98. The van der Waals surface area contributed by atoms with Crippen molar-refractivity contribution in [3.05, 3.63) is 0 Å². The molecule has 4 nitrogen and oxygen atoms in total. The summed E-state index contributed by atoms with van der Waals surface area (Å²) in [5.74, 6) is 0.855. The predicted octanol–water partition coefficient (Wildman–Crippen LogP) is 1.60. The van der Waals surface area contributed by atoms with Crippen LogP contribution in [0, 0.1) is 0 Å². The lowest BCUT2D eigenvalue weighted by molar-refractivity contribution is -0.145. The summed E-state index contributed by atoms with van der Waals surface area (Å²) in [5.41, 5.74) is 0. The van der Waals surface area contributed by atoms with Crippen molar-refractivity contribution in [2.75, 3.05) is 44.8 Å². The molecule has 0 aromatic rings. The second kappa shape index (κ2) is 11.8. The first kappa shape index (κ1) is 17.7. The van der Waals surface area contributed by atoms with Gasteiger partial charge in [-0.15, -0.1) is 0 Å². The summed E-state index contributed by atoms with van der Waals surface area (Å²) in [7, 11) is 0. The van der Waals surface area contributed by atoms with E-state index in [1.807, 2.05) is 6.92 Å². The van der Waals surface area contributed by atoms with E-state index in [4.69, 9.17) is 4.74 Å². The molecule has 0 saturated heterocycles. The van der Waals surface area contributed by atoms with Crippen LogP contribution in [-0.4, -0.2) is 61.7 Å². The molecule has 0 saturated carbocycles. The summed E-state index contributed by atoms with van der Waals surface area (Å²) in [6.07, 6.45) is 2.89. The Morgan fingerprint density at radius 2 is 2.00 bits per heavy atom. The molecule has 18 heavy (non-hydrogen) atoms. The van der Waals surface area contributed by atoms with Crippen LogP contribution in [0.15, 0.2) is 0 Å². The van der Waals surface area contributed by atoms with Gasteiger partial charge in [0, 0.05) is 13.1 Å². The van der Waals surface area contributed by atoms with Crippen LogP contribution in [0.5, 0.6) is 0 Å². The number of esters is 1. The van der Waals surface area contributed by atoms with Crippen molar-refractivity contribution in [2.24, 2.45) is 0 Å². The zero-order valence-electron chi connectivity index (χ0n) is 12.2. The number of hydrogen-bond acceptors (Lipinski definition) is 5. The van der Waals surface area contributed by atoms with E-state index in [1.54, 1.807) is 11.8 Å². The third-order valence-corrected chi connectivity index (χ3v) is 3.54. The maximum absolute atomic E-state index is 11.8. The molecule has 0 heterocycles. The van der Waals surface area contributed by atoms with E-state index in [1.165, 1.54) is 0 Å². The molecule has 5 heteroatoms. The molecule has 0 aliphatic heterocycles. The highest BCUT2D eigenvalue weighted by Crippen LogP contribution is 2.02. The van der Waals surface area contributed by atoms with Gasteiger partial charge in [-0.25, -0.2) is 0 Å². The first-order chi connectivity index (χ1) is 8.69. The number of nitrogens with zero attached hydrogens (tertiary/aromatic N) is 1. The summed E-state index contributed by atoms with van der Waals surface area (Å²) >= 11 is 1.76. The Hall–Kier alpha value is -0.260. The van der Waals surface area contributed by atoms with Gasteiger partial charge < -0.3 is 15.0 Å². The van der Waals surface area contributed by atoms with Gasteiger partial charge >= 0.3 is 5.97 Å². The SMILES string of the molecule is CCOC(=O)C(CCSC)NCCN(CC)CC. The van der Waals surface area contributed by atoms with Gasteiger partial charge in [0.05, 0.1) is 6.61 Å². The minimum absolute atomic E-state index is 0.119. The second-order valence-corrected chi connectivity index (χ2v) is 5.05. The summed E-state index contributed by atoms with van der Waals surface area (Å²) in [6, 6.07) is -0.159. The van der Waals surface area contributed by atoms with E-state index in [-0.39, 0.29) is 12.0 Å². The van der Waals surface area contributed by atoms with Crippen LogP contribution in [-0.2, 0) is 9.53 Å². The molecule has 0 aliphatic carbocycles. The molecule has 0 rings (SSSR count). The number of rotatable bonds is 11. The lowest BCUT2D eigenvalue weighted by Gasteiger charge is -2.21. The summed E-state index contributed by atoms with van der Waals surface area (Å²) in [6.45, 7) is 10.5. The Morgan fingerprint density at radius 3 is 2.50 bits per heavy atom. The van der Waals surface area contributed by atoms with Gasteiger partial charge in [0.25, 0.3) is 0 Å². The highest BCUT2D eigenvalue weighted by Gasteiger charge is 2.18. The van der Waals surface area contributed by atoms with Crippen molar-refractivity contribution in [3.8, 4) is 0 Å². The van der Waals surface area contributed by atoms with E-state index >= 15 is 0 Å². The second-order valence-electron chi connectivity index (χ2n) is 4.07. The van der Waals surface area contributed by atoms with Gasteiger partial charge in [-0.05, 0) is 38.4 Å². The van der Waals surface area contributed by atoms with Crippen LogP contribution in [0.1, 0.15) is 27.2 Å². The monoisotopic (exact) mass is 276 g/mol. The molecule has 0 aromatic heterocycles. The Kier molecular flexibility index (Phi) is 11.6. The number of thioether (sulfide) groups is 1. The van der Waals surface area contributed by atoms with Gasteiger partial charge in [0.15, 0.2) is 0 Å². The number of hydrogen-bond donors (Lipinski definition) is 1. The molecular weight excluding hydrogens is 248 g/mol. The fourth-order valence-electron chi connectivity index (χ4n) is 1.72. The first-order valence-corrected chi connectivity index (χ1v) is 8.20. The van der Waals surface area contributed by atoms with Gasteiger partial charge in [-0.2, -0.15) is 11.8 Å². The van der Waals surface area contributed by atoms with Gasteiger partial charge in [0.2, 0.25) is 0 Å². The number of carbonyl (C=O) groups is 1. The molecule has 0 aliphatic rings. The predicted molar refractivity (Wildman–Crippen MR) is 79.2 cm³/mol. The largest absolute Gasteiger partial charge is 0.465 e. The van der Waals surface area contributed by atoms with E-state index in [0.717, 1.165) is 38.4 Å². The van der Waals surface area contributed by atoms with Crippen molar-refractivity contribution < 1.29 is 9.53 Å². The number of nitrogens with one attached hydrogen (secondary N) is 1. The number of carbonyl (C=O) groups excluding carboxylic acids is 1. The van der Waals surface area contributed by atoms with Gasteiger partial charge in [-0.3, -0.25) is 4.79 Å². The fraction of sp³-hybridized carbons (Fsp3) is 0.923. The third-order valence-electron chi connectivity index (χ3n) is 2.89. The zero-order chi connectivity index (χ0) is 13.8. The van der Waals surface area contributed by atoms with Crippen molar-refractivity contribution in [2.45, 2.75) is 33.2 Å². The van der Waals surface area contributed by atoms with E-state index < -0.39 is 0 Å². The lowest BCUT2D eigenvalue weighted by atomic mass is 10.2. The van der Waals surface area contributed by atoms with Crippen molar-refractivity contribution in [3.63, 3.8) is 0 Å². The smallest absolute Gasteiger partial charge is 0.323 e. The highest BCUT2D eigenvalue weighted by atomic mass is 32.2.